The summed E-state index contributed by atoms with van der Waals surface area (Å²) >= 11 is 0. The second-order valence-electron chi connectivity index (χ2n) is 5.49. The molecule has 2 aromatic heterocycles. The molecule has 0 radical (unpaired) electrons. The van der Waals surface area contributed by atoms with Crippen LogP contribution in [-0.2, 0) is 12.6 Å². The topological polar surface area (TPSA) is 77.6 Å². The number of amides is 1. The maximum absolute atomic E-state index is 12.0. The molecular formula is C12H18N6O. The van der Waals surface area contributed by atoms with Crippen LogP contribution in [0, 0.1) is 6.92 Å². The normalized spacial score (nSPS) is 11.6. The van der Waals surface area contributed by atoms with Crippen LogP contribution in [0.25, 0.3) is 0 Å². The fourth-order valence-corrected chi connectivity index (χ4v) is 1.73. The van der Waals surface area contributed by atoms with Crippen molar-refractivity contribution in [1.29, 1.82) is 0 Å². The Hall–Kier alpha value is -2.18. The van der Waals surface area contributed by atoms with Crippen molar-refractivity contribution in [1.82, 2.24) is 24.8 Å². The lowest BCUT2D eigenvalue weighted by molar-refractivity contribution is 0.102. The van der Waals surface area contributed by atoms with E-state index >= 15 is 0 Å². The summed E-state index contributed by atoms with van der Waals surface area (Å²) in [5.74, 6) is 0.360. The smallest absolute Gasteiger partial charge is 0.278 e. The largest absolute Gasteiger partial charge is 0.305 e. The molecule has 7 heteroatoms. The standard InChI is InChI=1S/C12H18N6O/c1-8-6-10(18(15-8)12(2,3)4)13-11(19)9-7-17(5)16-14-9/h6-7H,1-5H3,(H,13,19). The van der Waals surface area contributed by atoms with Crippen LogP contribution in [0.5, 0.6) is 0 Å². The van der Waals surface area contributed by atoms with Crippen LogP contribution in [0.1, 0.15) is 37.0 Å². The van der Waals surface area contributed by atoms with E-state index in [1.807, 2.05) is 33.8 Å². The molecule has 7 nitrogen and oxygen atoms in total. The third kappa shape index (κ3) is 2.81. The van der Waals surface area contributed by atoms with Crippen LogP contribution < -0.4 is 5.32 Å². The second-order valence-corrected chi connectivity index (χ2v) is 5.49. The molecule has 102 valence electrons. The Morgan fingerprint density at radius 3 is 2.58 bits per heavy atom. The lowest BCUT2D eigenvalue weighted by Crippen LogP contribution is -2.26. The van der Waals surface area contributed by atoms with E-state index in [0.717, 1.165) is 5.69 Å². The van der Waals surface area contributed by atoms with Gasteiger partial charge in [0.05, 0.1) is 17.4 Å². The van der Waals surface area contributed by atoms with Gasteiger partial charge in [-0.1, -0.05) is 5.21 Å². The van der Waals surface area contributed by atoms with Crippen LogP contribution in [-0.4, -0.2) is 30.7 Å². The molecule has 0 unspecified atom stereocenters. The number of nitrogens with zero attached hydrogens (tertiary/aromatic N) is 5. The van der Waals surface area contributed by atoms with Gasteiger partial charge in [-0.05, 0) is 27.7 Å². The quantitative estimate of drug-likeness (QED) is 0.885. The van der Waals surface area contributed by atoms with E-state index in [1.165, 1.54) is 4.68 Å². The van der Waals surface area contributed by atoms with E-state index in [2.05, 4.69) is 20.7 Å². The summed E-state index contributed by atoms with van der Waals surface area (Å²) in [5, 5.41) is 14.7. The Labute approximate surface area is 111 Å². The zero-order chi connectivity index (χ0) is 14.2. The fourth-order valence-electron chi connectivity index (χ4n) is 1.73. The van der Waals surface area contributed by atoms with Gasteiger partial charge in [-0.2, -0.15) is 5.10 Å². The Kier molecular flexibility index (Phi) is 3.13. The molecule has 0 bridgehead atoms. The molecule has 0 atom stereocenters. The van der Waals surface area contributed by atoms with Gasteiger partial charge in [-0.25, -0.2) is 4.68 Å². The molecule has 0 spiro atoms. The number of carbonyl (C=O) groups is 1. The highest BCUT2D eigenvalue weighted by atomic mass is 16.2. The van der Waals surface area contributed by atoms with Gasteiger partial charge in [-0.15, -0.1) is 5.10 Å². The molecule has 2 heterocycles. The van der Waals surface area contributed by atoms with Gasteiger partial charge in [0, 0.05) is 13.1 Å². The molecule has 0 fully saturated rings. The second kappa shape index (κ2) is 4.49. The van der Waals surface area contributed by atoms with Crippen molar-refractivity contribution in [3.8, 4) is 0 Å². The lowest BCUT2D eigenvalue weighted by atomic mass is 10.1. The summed E-state index contributed by atoms with van der Waals surface area (Å²) in [6, 6.07) is 1.83. The number of carbonyl (C=O) groups excluding carboxylic acids is 1. The van der Waals surface area contributed by atoms with Gasteiger partial charge < -0.3 is 5.32 Å². The zero-order valence-corrected chi connectivity index (χ0v) is 11.8. The van der Waals surface area contributed by atoms with Crippen LogP contribution >= 0.6 is 0 Å². The number of anilines is 1. The third-order valence-electron chi connectivity index (χ3n) is 2.54. The Morgan fingerprint density at radius 1 is 1.37 bits per heavy atom. The first-order chi connectivity index (χ1) is 8.77. The fraction of sp³-hybridized carbons (Fsp3) is 0.500. The minimum atomic E-state index is -0.293. The minimum Gasteiger partial charge on any atom is -0.305 e. The maximum Gasteiger partial charge on any atom is 0.278 e. The third-order valence-corrected chi connectivity index (χ3v) is 2.54. The highest BCUT2D eigenvalue weighted by Crippen LogP contribution is 2.21. The average Bonchev–Trinajstić information content (AvgIpc) is 2.84. The Morgan fingerprint density at radius 2 is 2.05 bits per heavy atom. The summed E-state index contributed by atoms with van der Waals surface area (Å²) in [5.41, 5.74) is 0.922. The van der Waals surface area contributed by atoms with E-state index in [0.29, 0.717) is 5.82 Å². The number of aryl methyl sites for hydroxylation is 2. The number of rotatable bonds is 2. The Bertz CT molecular complexity index is 604. The first kappa shape index (κ1) is 13.3. The first-order valence-electron chi connectivity index (χ1n) is 6.02. The maximum atomic E-state index is 12.0. The Balaban J connectivity index is 2.27. The summed E-state index contributed by atoms with van der Waals surface area (Å²) < 4.78 is 3.28. The van der Waals surface area contributed by atoms with Crippen LogP contribution in [0.3, 0.4) is 0 Å². The number of aromatic nitrogens is 5. The number of hydrogen-bond donors (Lipinski definition) is 1. The van der Waals surface area contributed by atoms with Gasteiger partial charge in [0.15, 0.2) is 5.69 Å². The van der Waals surface area contributed by atoms with E-state index in [-0.39, 0.29) is 17.1 Å². The molecule has 0 saturated carbocycles. The van der Waals surface area contributed by atoms with Gasteiger partial charge >= 0.3 is 0 Å². The molecule has 2 aromatic rings. The molecule has 0 aliphatic rings. The van der Waals surface area contributed by atoms with Crippen molar-refractivity contribution >= 4 is 11.7 Å². The molecule has 1 amide bonds. The number of hydrogen-bond acceptors (Lipinski definition) is 4. The molecule has 2 rings (SSSR count). The molecule has 0 aliphatic carbocycles. The van der Waals surface area contributed by atoms with E-state index in [4.69, 9.17) is 0 Å². The van der Waals surface area contributed by atoms with E-state index < -0.39 is 0 Å². The summed E-state index contributed by atoms with van der Waals surface area (Å²) in [4.78, 5) is 12.0. The van der Waals surface area contributed by atoms with Gasteiger partial charge in [-0.3, -0.25) is 9.48 Å². The summed E-state index contributed by atoms with van der Waals surface area (Å²) in [7, 11) is 1.72. The predicted molar refractivity (Wildman–Crippen MR) is 70.9 cm³/mol. The van der Waals surface area contributed by atoms with Crippen molar-refractivity contribution in [2.75, 3.05) is 5.32 Å². The van der Waals surface area contributed by atoms with Gasteiger partial charge in [0.25, 0.3) is 5.91 Å². The summed E-state index contributed by atoms with van der Waals surface area (Å²) in [6.07, 6.45) is 1.57. The van der Waals surface area contributed by atoms with Gasteiger partial charge in [0.1, 0.15) is 5.82 Å². The van der Waals surface area contributed by atoms with Crippen LogP contribution in [0.15, 0.2) is 12.3 Å². The zero-order valence-electron chi connectivity index (χ0n) is 11.8. The molecule has 0 aliphatic heterocycles. The van der Waals surface area contributed by atoms with Crippen molar-refractivity contribution in [3.63, 3.8) is 0 Å². The SMILES string of the molecule is Cc1cc(NC(=O)c2cn(C)nn2)n(C(C)(C)C)n1. The predicted octanol–water partition coefficient (Wildman–Crippen LogP) is 1.33. The molecule has 0 aromatic carbocycles. The molecule has 0 saturated heterocycles. The average molecular weight is 262 g/mol. The lowest BCUT2D eigenvalue weighted by Gasteiger charge is -2.22. The minimum absolute atomic E-state index is 0.209. The van der Waals surface area contributed by atoms with Crippen molar-refractivity contribution in [2.24, 2.45) is 7.05 Å². The van der Waals surface area contributed by atoms with Crippen molar-refractivity contribution in [2.45, 2.75) is 33.2 Å². The highest BCUT2D eigenvalue weighted by molar-refractivity contribution is 6.02. The monoisotopic (exact) mass is 262 g/mol. The molecule has 1 N–H and O–H groups in total. The van der Waals surface area contributed by atoms with Crippen molar-refractivity contribution < 1.29 is 4.79 Å². The van der Waals surface area contributed by atoms with Crippen molar-refractivity contribution in [3.05, 3.63) is 23.7 Å². The van der Waals surface area contributed by atoms with Crippen LogP contribution in [0.2, 0.25) is 0 Å². The molecule has 19 heavy (non-hydrogen) atoms. The highest BCUT2D eigenvalue weighted by Gasteiger charge is 2.21. The molecular weight excluding hydrogens is 244 g/mol. The first-order valence-corrected chi connectivity index (χ1v) is 6.02. The van der Waals surface area contributed by atoms with E-state index in [1.54, 1.807) is 17.9 Å². The van der Waals surface area contributed by atoms with Crippen LogP contribution in [0.4, 0.5) is 5.82 Å². The van der Waals surface area contributed by atoms with E-state index in [9.17, 15) is 4.79 Å². The summed E-state index contributed by atoms with van der Waals surface area (Å²) in [6.45, 7) is 7.96. The number of nitrogens with one attached hydrogen (secondary N) is 1. The van der Waals surface area contributed by atoms with Gasteiger partial charge in [0.2, 0.25) is 0 Å².